The maximum absolute atomic E-state index is 13.1. The Morgan fingerprint density at radius 2 is 0.462 bits per heavy atom. The molecule has 0 rings (SSSR count). The Hall–Kier alpha value is -1.94. The Morgan fingerprint density at radius 3 is 0.683 bits per heavy atom. The topological polar surface area (TPSA) is 237 Å². The molecule has 0 saturated carbocycles. The normalized spacial score (nSPS) is 14.0. The first-order valence-corrected chi connectivity index (χ1v) is 47.2. The van der Waals surface area contributed by atoms with Crippen LogP contribution in [0.25, 0.3) is 0 Å². The van der Waals surface area contributed by atoms with Crippen molar-refractivity contribution in [3.05, 3.63) is 0 Å². The zero-order chi connectivity index (χ0) is 76.2. The van der Waals surface area contributed by atoms with Gasteiger partial charge in [-0.25, -0.2) is 9.13 Å². The molecule has 3 unspecified atom stereocenters. The molecule has 0 aromatic carbocycles. The molecule has 104 heavy (non-hydrogen) atoms. The van der Waals surface area contributed by atoms with Gasteiger partial charge in [0.2, 0.25) is 0 Å². The number of ether oxygens (including phenoxy) is 4. The first-order valence-electron chi connectivity index (χ1n) is 44.2. The number of phosphoric acid groups is 2. The Balaban J connectivity index is 5.23. The molecule has 19 heteroatoms. The largest absolute Gasteiger partial charge is 0.472 e. The molecular weight excluding hydrogens is 1350 g/mol. The molecule has 0 aliphatic carbocycles. The average molecular weight is 1520 g/mol. The van der Waals surface area contributed by atoms with E-state index in [0.29, 0.717) is 25.7 Å². The lowest BCUT2D eigenvalue weighted by Crippen LogP contribution is -2.30. The summed E-state index contributed by atoms with van der Waals surface area (Å²) in [6.07, 6.45) is 70.7. The SMILES string of the molecule is CCCCCCCCCCCCCCCCCCCCCCCCC(=O)O[C@H](COC(=O)CCCCCCCCCCCCCCCCCC)COP(=O)(O)OC[C@@H](O)COP(=O)(O)OC[C@@H](COC(=O)CCCCCCCCCCCCCC)OC(=O)CCCCCCCCCCCCC(C)CC. The monoisotopic (exact) mass is 1520 g/mol. The second-order valence-electron chi connectivity index (χ2n) is 30.8. The van der Waals surface area contributed by atoms with Gasteiger partial charge in [0, 0.05) is 25.7 Å². The van der Waals surface area contributed by atoms with Crippen molar-refractivity contribution in [3.63, 3.8) is 0 Å². The summed E-state index contributed by atoms with van der Waals surface area (Å²) in [5.41, 5.74) is 0. The van der Waals surface area contributed by atoms with Crippen molar-refractivity contribution in [1.29, 1.82) is 0 Å². The van der Waals surface area contributed by atoms with Crippen molar-refractivity contribution in [2.24, 2.45) is 5.92 Å². The molecule has 0 aromatic heterocycles. The van der Waals surface area contributed by atoms with Crippen LogP contribution in [0, 0.1) is 5.92 Å². The molecule has 6 atom stereocenters. The zero-order valence-corrected chi connectivity index (χ0v) is 70.0. The predicted octanol–water partition coefficient (Wildman–Crippen LogP) is 26.0. The fourth-order valence-corrected chi connectivity index (χ4v) is 14.8. The van der Waals surface area contributed by atoms with Crippen LogP contribution in [0.2, 0.25) is 0 Å². The van der Waals surface area contributed by atoms with E-state index < -0.39 is 97.5 Å². The van der Waals surface area contributed by atoms with Gasteiger partial charge in [0.25, 0.3) is 0 Å². The Kier molecular flexibility index (Phi) is 76.3. The van der Waals surface area contributed by atoms with E-state index in [1.165, 1.54) is 283 Å². The van der Waals surface area contributed by atoms with Gasteiger partial charge in [0.05, 0.1) is 26.4 Å². The van der Waals surface area contributed by atoms with Crippen LogP contribution in [0.3, 0.4) is 0 Å². The first-order chi connectivity index (χ1) is 50.6. The molecule has 0 fully saturated rings. The highest BCUT2D eigenvalue weighted by atomic mass is 31.2. The number of hydrogen-bond donors (Lipinski definition) is 3. The van der Waals surface area contributed by atoms with Gasteiger partial charge in [-0.3, -0.25) is 37.3 Å². The highest BCUT2D eigenvalue weighted by molar-refractivity contribution is 7.47. The van der Waals surface area contributed by atoms with E-state index in [0.717, 1.165) is 95.8 Å². The van der Waals surface area contributed by atoms with Gasteiger partial charge in [0.1, 0.15) is 19.3 Å². The lowest BCUT2D eigenvalue weighted by atomic mass is 9.99. The van der Waals surface area contributed by atoms with Gasteiger partial charge >= 0.3 is 39.5 Å². The Labute approximate surface area is 638 Å². The molecule has 618 valence electrons. The number of phosphoric ester groups is 2. The minimum absolute atomic E-state index is 0.107. The molecule has 0 saturated heterocycles. The molecule has 0 amide bonds. The van der Waals surface area contributed by atoms with Crippen LogP contribution in [-0.2, 0) is 65.4 Å². The van der Waals surface area contributed by atoms with Crippen LogP contribution < -0.4 is 0 Å². The number of carbonyl (C=O) groups is 4. The highest BCUT2D eigenvalue weighted by Gasteiger charge is 2.30. The number of rotatable bonds is 85. The summed E-state index contributed by atoms with van der Waals surface area (Å²) >= 11 is 0. The summed E-state index contributed by atoms with van der Waals surface area (Å²) in [6, 6.07) is 0. The van der Waals surface area contributed by atoms with Crippen LogP contribution >= 0.6 is 15.6 Å². The van der Waals surface area contributed by atoms with Crippen molar-refractivity contribution in [2.75, 3.05) is 39.6 Å². The maximum atomic E-state index is 13.1. The molecular formula is C85H166O17P2. The van der Waals surface area contributed by atoms with E-state index in [-0.39, 0.29) is 25.7 Å². The number of unbranched alkanes of at least 4 members (excludes halogenated alkanes) is 56. The summed E-state index contributed by atoms with van der Waals surface area (Å²) in [5.74, 6) is -1.30. The van der Waals surface area contributed by atoms with E-state index in [1.807, 2.05) is 0 Å². The van der Waals surface area contributed by atoms with E-state index in [1.54, 1.807) is 0 Å². The third kappa shape index (κ3) is 76.8. The van der Waals surface area contributed by atoms with Crippen LogP contribution in [0.15, 0.2) is 0 Å². The number of aliphatic hydroxyl groups excluding tert-OH is 1. The van der Waals surface area contributed by atoms with Gasteiger partial charge in [0.15, 0.2) is 12.2 Å². The van der Waals surface area contributed by atoms with E-state index in [9.17, 15) is 43.2 Å². The van der Waals surface area contributed by atoms with E-state index in [4.69, 9.17) is 37.0 Å². The second-order valence-corrected chi connectivity index (χ2v) is 33.7. The van der Waals surface area contributed by atoms with E-state index >= 15 is 0 Å². The van der Waals surface area contributed by atoms with Crippen molar-refractivity contribution < 1.29 is 80.2 Å². The molecule has 0 aromatic rings. The third-order valence-corrected chi connectivity index (χ3v) is 22.3. The van der Waals surface area contributed by atoms with Gasteiger partial charge in [-0.05, 0) is 31.6 Å². The lowest BCUT2D eigenvalue weighted by Gasteiger charge is -2.21. The molecule has 0 bridgehead atoms. The van der Waals surface area contributed by atoms with Crippen molar-refractivity contribution in [1.82, 2.24) is 0 Å². The molecule has 0 heterocycles. The Morgan fingerprint density at radius 1 is 0.269 bits per heavy atom. The van der Waals surface area contributed by atoms with Gasteiger partial charge < -0.3 is 33.8 Å². The van der Waals surface area contributed by atoms with Crippen LogP contribution in [-0.4, -0.2) is 96.7 Å². The second kappa shape index (κ2) is 77.8. The Bertz CT molecular complexity index is 1980. The summed E-state index contributed by atoms with van der Waals surface area (Å²) in [4.78, 5) is 73.2. The predicted molar refractivity (Wildman–Crippen MR) is 428 cm³/mol. The van der Waals surface area contributed by atoms with Crippen molar-refractivity contribution in [3.8, 4) is 0 Å². The maximum Gasteiger partial charge on any atom is 0.472 e. The summed E-state index contributed by atoms with van der Waals surface area (Å²) in [6.45, 7) is 7.38. The summed E-state index contributed by atoms with van der Waals surface area (Å²) in [5, 5.41) is 10.7. The standard InChI is InChI=1S/C85H166O17P2/c1-6-10-13-16-19-22-25-28-30-32-33-34-35-36-37-39-41-44-50-55-60-65-70-84(89)101-80(74-96-83(88)69-64-59-54-49-43-40-38-31-29-26-23-20-17-14-11-7-2)76-99-103(91,92)97-72-79(86)73-98-104(93,94)100-77-81(75-95-82(87)68-63-58-53-48-42-27-24-21-18-15-12-8-3)102-85(90)71-66-61-56-51-46-45-47-52-57-62-67-78(5)9-4/h78-81,86H,6-77H2,1-5H3,(H,91,92)(H,93,94)/t78?,79-,80-,81-/m1/s1. The van der Waals surface area contributed by atoms with Gasteiger partial charge in [-0.15, -0.1) is 0 Å². The van der Waals surface area contributed by atoms with Crippen LogP contribution in [0.4, 0.5) is 0 Å². The molecule has 3 N–H and O–H groups in total. The number of esters is 4. The first kappa shape index (κ1) is 102. The molecule has 17 nitrogen and oxygen atoms in total. The summed E-state index contributed by atoms with van der Waals surface area (Å²) < 4.78 is 68.9. The van der Waals surface area contributed by atoms with Crippen LogP contribution in [0.1, 0.15) is 458 Å². The number of aliphatic hydroxyl groups is 1. The molecule has 0 aliphatic heterocycles. The average Bonchev–Trinajstić information content (AvgIpc) is 0.915. The highest BCUT2D eigenvalue weighted by Crippen LogP contribution is 2.45. The summed E-state index contributed by atoms with van der Waals surface area (Å²) in [7, 11) is -9.93. The zero-order valence-electron chi connectivity index (χ0n) is 68.2. The quantitative estimate of drug-likeness (QED) is 0.0222. The lowest BCUT2D eigenvalue weighted by molar-refractivity contribution is -0.161. The van der Waals surface area contributed by atoms with Crippen molar-refractivity contribution in [2.45, 2.75) is 477 Å². The molecule has 0 spiro atoms. The van der Waals surface area contributed by atoms with Gasteiger partial charge in [-0.1, -0.05) is 407 Å². The van der Waals surface area contributed by atoms with E-state index in [2.05, 4.69) is 34.6 Å². The van der Waals surface area contributed by atoms with Crippen molar-refractivity contribution >= 4 is 39.5 Å². The molecule has 0 radical (unpaired) electrons. The molecule has 0 aliphatic rings. The number of carbonyl (C=O) groups excluding carboxylic acids is 4. The minimum atomic E-state index is -4.96. The van der Waals surface area contributed by atoms with Gasteiger partial charge in [-0.2, -0.15) is 0 Å². The fourth-order valence-electron chi connectivity index (χ4n) is 13.3. The third-order valence-electron chi connectivity index (χ3n) is 20.4. The minimum Gasteiger partial charge on any atom is -0.462 e. The van der Waals surface area contributed by atoms with Crippen LogP contribution in [0.5, 0.6) is 0 Å². The number of hydrogen-bond acceptors (Lipinski definition) is 15. The smallest absolute Gasteiger partial charge is 0.462 e. The fraction of sp³-hybridized carbons (Fsp3) is 0.953.